The molecular weight excluding hydrogens is 242 g/mol. The summed E-state index contributed by atoms with van der Waals surface area (Å²) in [6.07, 6.45) is 6.17. The molecule has 0 saturated heterocycles. The van der Waals surface area contributed by atoms with Gasteiger partial charge in [-0.1, -0.05) is 26.7 Å². The normalized spacial score (nSPS) is 14.1. The Hall–Kier alpha value is -0.610. The summed E-state index contributed by atoms with van der Waals surface area (Å²) in [5, 5.41) is 3.28. The summed E-state index contributed by atoms with van der Waals surface area (Å²) in [7, 11) is 1.44. The molecule has 0 aliphatic heterocycles. The van der Waals surface area contributed by atoms with Crippen LogP contribution in [0.15, 0.2) is 0 Å². The Kier molecular flexibility index (Phi) is 10.9. The van der Waals surface area contributed by atoms with Gasteiger partial charge in [0.25, 0.3) is 0 Å². The molecule has 0 rings (SSSR count). The largest absolute Gasteiger partial charge is 0.468 e. The number of rotatable bonds is 12. The van der Waals surface area contributed by atoms with E-state index in [0.29, 0.717) is 6.61 Å². The van der Waals surface area contributed by atoms with Crippen LogP contribution in [0.5, 0.6) is 0 Å². The van der Waals surface area contributed by atoms with Gasteiger partial charge in [0.1, 0.15) is 5.54 Å². The fourth-order valence-corrected chi connectivity index (χ4v) is 1.97. The van der Waals surface area contributed by atoms with E-state index in [1.54, 1.807) is 0 Å². The molecule has 0 aliphatic rings. The Morgan fingerprint density at radius 2 is 1.79 bits per heavy atom. The second-order valence-corrected chi connectivity index (χ2v) is 5.17. The SMILES string of the molecule is CCCCCOCCCC(C)(NCCC)C(=O)OC. The average molecular weight is 273 g/mol. The Bertz CT molecular complexity index is 233. The molecule has 114 valence electrons. The van der Waals surface area contributed by atoms with Gasteiger partial charge in [0.15, 0.2) is 0 Å². The minimum Gasteiger partial charge on any atom is -0.468 e. The van der Waals surface area contributed by atoms with E-state index in [1.165, 1.54) is 20.0 Å². The summed E-state index contributed by atoms with van der Waals surface area (Å²) in [4.78, 5) is 11.8. The van der Waals surface area contributed by atoms with Crippen molar-refractivity contribution in [3.05, 3.63) is 0 Å². The van der Waals surface area contributed by atoms with Crippen molar-refractivity contribution >= 4 is 5.97 Å². The number of esters is 1. The number of nitrogens with one attached hydrogen (secondary N) is 1. The first kappa shape index (κ1) is 18.4. The summed E-state index contributed by atoms with van der Waals surface area (Å²) >= 11 is 0. The molecule has 4 heteroatoms. The smallest absolute Gasteiger partial charge is 0.325 e. The van der Waals surface area contributed by atoms with Crippen LogP contribution in [-0.4, -0.2) is 38.4 Å². The summed E-state index contributed by atoms with van der Waals surface area (Å²) < 4.78 is 10.4. The molecule has 0 bridgehead atoms. The Morgan fingerprint density at radius 3 is 2.37 bits per heavy atom. The highest BCUT2D eigenvalue weighted by Crippen LogP contribution is 2.14. The highest BCUT2D eigenvalue weighted by atomic mass is 16.5. The number of hydrogen-bond donors (Lipinski definition) is 1. The topological polar surface area (TPSA) is 47.6 Å². The maximum absolute atomic E-state index is 11.8. The number of methoxy groups -OCH3 is 1. The lowest BCUT2D eigenvalue weighted by atomic mass is 9.96. The summed E-state index contributed by atoms with van der Waals surface area (Å²) in [6, 6.07) is 0. The predicted molar refractivity (Wildman–Crippen MR) is 78.3 cm³/mol. The van der Waals surface area contributed by atoms with E-state index in [1.807, 2.05) is 6.92 Å². The maximum atomic E-state index is 11.8. The van der Waals surface area contributed by atoms with Crippen molar-refractivity contribution in [3.8, 4) is 0 Å². The van der Waals surface area contributed by atoms with Gasteiger partial charge in [0.05, 0.1) is 7.11 Å². The molecule has 0 aromatic heterocycles. The Labute approximate surface area is 118 Å². The molecule has 19 heavy (non-hydrogen) atoms. The summed E-state index contributed by atoms with van der Waals surface area (Å²) in [5.74, 6) is -0.188. The lowest BCUT2D eigenvalue weighted by Crippen LogP contribution is -2.50. The van der Waals surface area contributed by atoms with Gasteiger partial charge < -0.3 is 14.8 Å². The fourth-order valence-electron chi connectivity index (χ4n) is 1.97. The van der Waals surface area contributed by atoms with Crippen LogP contribution in [0.25, 0.3) is 0 Å². The number of unbranched alkanes of at least 4 members (excludes halogenated alkanes) is 2. The van der Waals surface area contributed by atoms with Gasteiger partial charge in [-0.15, -0.1) is 0 Å². The van der Waals surface area contributed by atoms with Gasteiger partial charge in [-0.05, 0) is 39.2 Å². The number of ether oxygens (including phenoxy) is 2. The molecule has 1 atom stereocenters. The standard InChI is InChI=1S/C15H31NO3/c1-5-7-8-12-19-13-9-10-15(3,14(17)18-4)16-11-6-2/h16H,5-13H2,1-4H3. The van der Waals surface area contributed by atoms with E-state index >= 15 is 0 Å². The van der Waals surface area contributed by atoms with Crippen LogP contribution in [0.3, 0.4) is 0 Å². The monoisotopic (exact) mass is 273 g/mol. The van der Waals surface area contributed by atoms with E-state index in [-0.39, 0.29) is 5.97 Å². The van der Waals surface area contributed by atoms with Crippen molar-refractivity contribution in [2.45, 2.75) is 64.8 Å². The lowest BCUT2D eigenvalue weighted by Gasteiger charge is -2.28. The average Bonchev–Trinajstić information content (AvgIpc) is 2.43. The quantitative estimate of drug-likeness (QED) is 0.439. The molecule has 0 aliphatic carbocycles. The first-order valence-electron chi connectivity index (χ1n) is 7.52. The zero-order valence-corrected chi connectivity index (χ0v) is 13.1. The Balaban J connectivity index is 3.89. The van der Waals surface area contributed by atoms with E-state index < -0.39 is 5.54 Å². The van der Waals surface area contributed by atoms with Gasteiger partial charge in [-0.25, -0.2) is 0 Å². The Morgan fingerprint density at radius 1 is 1.11 bits per heavy atom. The molecule has 0 fully saturated rings. The molecule has 1 N–H and O–H groups in total. The third-order valence-corrected chi connectivity index (χ3v) is 3.26. The predicted octanol–water partition coefficient (Wildman–Crippen LogP) is 2.90. The number of hydrogen-bond acceptors (Lipinski definition) is 4. The van der Waals surface area contributed by atoms with E-state index in [0.717, 1.165) is 38.8 Å². The van der Waals surface area contributed by atoms with E-state index in [9.17, 15) is 4.79 Å². The van der Waals surface area contributed by atoms with Crippen molar-refractivity contribution in [1.29, 1.82) is 0 Å². The molecule has 0 radical (unpaired) electrons. The summed E-state index contributed by atoms with van der Waals surface area (Å²) in [6.45, 7) is 8.53. The van der Waals surface area contributed by atoms with Gasteiger partial charge in [-0.3, -0.25) is 4.79 Å². The van der Waals surface area contributed by atoms with Crippen molar-refractivity contribution in [2.75, 3.05) is 26.9 Å². The van der Waals surface area contributed by atoms with Crippen molar-refractivity contribution in [1.82, 2.24) is 5.32 Å². The lowest BCUT2D eigenvalue weighted by molar-refractivity contribution is -0.148. The van der Waals surface area contributed by atoms with Crippen LogP contribution < -0.4 is 5.32 Å². The molecule has 4 nitrogen and oxygen atoms in total. The molecular formula is C15H31NO3. The van der Waals surface area contributed by atoms with Gasteiger partial charge in [0.2, 0.25) is 0 Å². The second kappa shape index (κ2) is 11.2. The van der Waals surface area contributed by atoms with E-state index in [4.69, 9.17) is 9.47 Å². The van der Waals surface area contributed by atoms with Gasteiger partial charge in [0, 0.05) is 13.2 Å². The molecule has 0 aromatic carbocycles. The van der Waals surface area contributed by atoms with Crippen LogP contribution in [0.4, 0.5) is 0 Å². The van der Waals surface area contributed by atoms with Gasteiger partial charge in [-0.2, -0.15) is 0 Å². The fraction of sp³-hybridized carbons (Fsp3) is 0.933. The number of carbonyl (C=O) groups is 1. The highest BCUT2D eigenvalue weighted by Gasteiger charge is 2.32. The van der Waals surface area contributed by atoms with Crippen molar-refractivity contribution < 1.29 is 14.3 Å². The van der Waals surface area contributed by atoms with Crippen LogP contribution in [-0.2, 0) is 14.3 Å². The van der Waals surface area contributed by atoms with Crippen molar-refractivity contribution in [3.63, 3.8) is 0 Å². The minimum atomic E-state index is -0.586. The zero-order valence-electron chi connectivity index (χ0n) is 13.1. The van der Waals surface area contributed by atoms with Crippen LogP contribution in [0.1, 0.15) is 59.3 Å². The molecule has 0 heterocycles. The van der Waals surface area contributed by atoms with Gasteiger partial charge >= 0.3 is 5.97 Å². The third-order valence-electron chi connectivity index (χ3n) is 3.26. The molecule has 0 saturated carbocycles. The van der Waals surface area contributed by atoms with Crippen LogP contribution in [0.2, 0.25) is 0 Å². The van der Waals surface area contributed by atoms with Crippen LogP contribution in [0, 0.1) is 0 Å². The molecule has 0 amide bonds. The zero-order chi connectivity index (χ0) is 14.6. The molecule has 0 spiro atoms. The van der Waals surface area contributed by atoms with E-state index in [2.05, 4.69) is 19.2 Å². The summed E-state index contributed by atoms with van der Waals surface area (Å²) in [5.41, 5.74) is -0.586. The van der Waals surface area contributed by atoms with Crippen LogP contribution >= 0.6 is 0 Å². The molecule has 1 unspecified atom stereocenters. The third kappa shape index (κ3) is 8.22. The molecule has 0 aromatic rings. The second-order valence-electron chi connectivity index (χ2n) is 5.17. The number of carbonyl (C=O) groups excluding carboxylic acids is 1. The van der Waals surface area contributed by atoms with Crippen molar-refractivity contribution in [2.24, 2.45) is 0 Å². The minimum absolute atomic E-state index is 0.188. The first-order valence-corrected chi connectivity index (χ1v) is 7.52. The maximum Gasteiger partial charge on any atom is 0.325 e. The first-order chi connectivity index (χ1) is 9.10. The highest BCUT2D eigenvalue weighted by molar-refractivity contribution is 5.80.